The number of hydrogen-bond acceptors (Lipinski definition) is 4. The maximum absolute atomic E-state index is 14.0. The summed E-state index contributed by atoms with van der Waals surface area (Å²) in [7, 11) is 0. The zero-order valence-electron chi connectivity index (χ0n) is 20.2. The van der Waals surface area contributed by atoms with Crippen molar-refractivity contribution in [3.63, 3.8) is 0 Å². The third-order valence-electron chi connectivity index (χ3n) is 7.15. The molecule has 1 aliphatic rings. The number of aromatic nitrogens is 4. The summed E-state index contributed by atoms with van der Waals surface area (Å²) in [6.07, 6.45) is 6.05. The third-order valence-corrected chi connectivity index (χ3v) is 7.39. The van der Waals surface area contributed by atoms with Gasteiger partial charge < -0.3 is 5.32 Å². The lowest BCUT2D eigenvalue weighted by molar-refractivity contribution is 0.0960. The number of carbonyl (C=O) groups is 1. The summed E-state index contributed by atoms with van der Waals surface area (Å²) in [5, 5.41) is 9.91. The highest BCUT2D eigenvalue weighted by molar-refractivity contribution is 6.31. The molecule has 0 aliphatic carbocycles. The third kappa shape index (κ3) is 3.62. The molecule has 0 radical (unpaired) electrons. The van der Waals surface area contributed by atoms with Crippen molar-refractivity contribution in [2.24, 2.45) is 0 Å². The highest BCUT2D eigenvalue weighted by Crippen LogP contribution is 2.36. The molecule has 0 spiro atoms. The average molecular weight is 522 g/mol. The molecule has 2 aromatic carbocycles. The number of carbonyl (C=O) groups excluding carboxylic acids is 1. The van der Waals surface area contributed by atoms with Gasteiger partial charge in [-0.15, -0.1) is 0 Å². The van der Waals surface area contributed by atoms with Crippen molar-refractivity contribution in [1.82, 2.24) is 24.5 Å². The highest BCUT2D eigenvalue weighted by Gasteiger charge is 2.25. The van der Waals surface area contributed by atoms with Crippen LogP contribution in [0, 0.1) is 5.82 Å². The van der Waals surface area contributed by atoms with Gasteiger partial charge in [-0.05, 0) is 90.8 Å². The second kappa shape index (κ2) is 8.90. The number of halogens is 2. The van der Waals surface area contributed by atoms with Gasteiger partial charge in [-0.25, -0.2) is 8.91 Å². The maximum Gasteiger partial charge on any atom is 0.264 e. The predicted octanol–water partition coefficient (Wildman–Crippen LogP) is 6.14. The second-order valence-corrected chi connectivity index (χ2v) is 9.80. The van der Waals surface area contributed by atoms with Crippen LogP contribution in [0.25, 0.3) is 38.8 Å². The molecule has 8 heteroatoms. The van der Waals surface area contributed by atoms with E-state index in [1.807, 2.05) is 42.5 Å². The van der Waals surface area contributed by atoms with Crippen molar-refractivity contribution in [3.8, 4) is 22.4 Å². The molecule has 1 N–H and O–H groups in total. The predicted molar refractivity (Wildman–Crippen MR) is 146 cm³/mol. The maximum atomic E-state index is 14.0. The first kappa shape index (κ1) is 22.8. The van der Waals surface area contributed by atoms with Crippen LogP contribution < -0.4 is 5.32 Å². The molecule has 0 fully saturated rings. The largest absolute Gasteiger partial charge is 0.311 e. The molecule has 0 saturated carbocycles. The van der Waals surface area contributed by atoms with Crippen molar-refractivity contribution >= 4 is 33.9 Å². The van der Waals surface area contributed by atoms with Gasteiger partial charge in [0, 0.05) is 52.4 Å². The number of hydrogen-bond donors (Lipinski definition) is 1. The summed E-state index contributed by atoms with van der Waals surface area (Å²) < 4.78 is 17.2. The van der Waals surface area contributed by atoms with Gasteiger partial charge in [-0.1, -0.05) is 11.6 Å². The molecule has 5 heterocycles. The fourth-order valence-corrected chi connectivity index (χ4v) is 5.59. The quantitative estimate of drug-likeness (QED) is 0.303. The first-order chi connectivity index (χ1) is 18.6. The van der Waals surface area contributed by atoms with Crippen molar-refractivity contribution in [2.75, 3.05) is 6.54 Å². The van der Waals surface area contributed by atoms with Gasteiger partial charge in [0.1, 0.15) is 11.5 Å². The Kier molecular flexibility index (Phi) is 5.35. The van der Waals surface area contributed by atoms with E-state index in [1.165, 1.54) is 12.1 Å². The zero-order chi connectivity index (χ0) is 25.8. The Balaban J connectivity index is 1.41. The van der Waals surface area contributed by atoms with Crippen LogP contribution in [0.3, 0.4) is 0 Å². The topological polar surface area (TPSA) is 64.2 Å². The van der Waals surface area contributed by atoms with E-state index in [-0.39, 0.29) is 11.7 Å². The summed E-state index contributed by atoms with van der Waals surface area (Å²) >= 11 is 6.31. The SMILES string of the molecule is O=C(c1ccc2c(-c3ccncc3)c(-c3ccc(F)cc3)nn2c1)n1c2c(c3cc(Cl)ccc31)CCNC2. The van der Waals surface area contributed by atoms with E-state index in [4.69, 9.17) is 16.7 Å². The molecule has 0 atom stereocenters. The number of nitrogens with one attached hydrogen (secondary N) is 1. The van der Waals surface area contributed by atoms with Gasteiger partial charge >= 0.3 is 0 Å². The van der Waals surface area contributed by atoms with Crippen molar-refractivity contribution in [1.29, 1.82) is 0 Å². The van der Waals surface area contributed by atoms with E-state index < -0.39 is 0 Å². The summed E-state index contributed by atoms with van der Waals surface area (Å²) in [5.74, 6) is -0.442. The molecular weight excluding hydrogens is 501 g/mol. The summed E-state index contributed by atoms with van der Waals surface area (Å²) in [6.45, 7) is 1.47. The minimum Gasteiger partial charge on any atom is -0.311 e. The van der Waals surface area contributed by atoms with Gasteiger partial charge in [-0.2, -0.15) is 5.10 Å². The van der Waals surface area contributed by atoms with Gasteiger partial charge in [0.05, 0.1) is 16.6 Å². The van der Waals surface area contributed by atoms with Crippen LogP contribution in [-0.4, -0.2) is 31.6 Å². The summed E-state index contributed by atoms with van der Waals surface area (Å²) in [5.41, 5.74) is 7.61. The monoisotopic (exact) mass is 521 g/mol. The van der Waals surface area contributed by atoms with E-state index in [0.717, 1.165) is 57.3 Å². The molecular formula is C30H21ClFN5O. The lowest BCUT2D eigenvalue weighted by Gasteiger charge is -2.16. The van der Waals surface area contributed by atoms with Crippen molar-refractivity contribution < 1.29 is 9.18 Å². The van der Waals surface area contributed by atoms with Crippen molar-refractivity contribution in [2.45, 2.75) is 13.0 Å². The molecule has 186 valence electrons. The Morgan fingerprint density at radius 2 is 1.74 bits per heavy atom. The standard InChI is InChI=1S/C30H21ClFN5O/c31-21-4-8-25-24(15-21)23-11-14-34-16-27(23)37(25)30(38)20-3-7-26-28(18-9-12-33-13-10-18)29(35-36(26)17-20)19-1-5-22(32)6-2-19/h1-10,12-13,15,17,34H,11,14,16H2. The number of benzene rings is 2. The molecule has 1 aliphatic heterocycles. The Labute approximate surface area is 222 Å². The van der Waals surface area contributed by atoms with Crippen LogP contribution >= 0.6 is 11.6 Å². The second-order valence-electron chi connectivity index (χ2n) is 9.37. The van der Waals surface area contributed by atoms with Crippen LogP contribution in [0.2, 0.25) is 5.02 Å². The smallest absolute Gasteiger partial charge is 0.264 e. The molecule has 0 saturated heterocycles. The van der Waals surface area contributed by atoms with E-state index in [9.17, 15) is 9.18 Å². The van der Waals surface area contributed by atoms with Gasteiger partial charge in [0.2, 0.25) is 0 Å². The van der Waals surface area contributed by atoms with E-state index in [2.05, 4.69) is 10.3 Å². The normalized spacial score (nSPS) is 13.2. The zero-order valence-corrected chi connectivity index (χ0v) is 20.9. The van der Waals surface area contributed by atoms with Gasteiger partial charge in [-0.3, -0.25) is 14.3 Å². The number of nitrogens with zero attached hydrogens (tertiary/aromatic N) is 4. The lowest BCUT2D eigenvalue weighted by Crippen LogP contribution is -2.27. The summed E-state index contributed by atoms with van der Waals surface area (Å²) in [4.78, 5) is 18.1. The van der Waals surface area contributed by atoms with E-state index in [0.29, 0.717) is 22.8 Å². The minimum absolute atomic E-state index is 0.131. The van der Waals surface area contributed by atoms with Crippen LogP contribution in [0.1, 0.15) is 21.6 Å². The van der Waals surface area contributed by atoms with Gasteiger partial charge in [0.25, 0.3) is 5.91 Å². The fraction of sp³-hybridized carbons (Fsp3) is 0.100. The average Bonchev–Trinajstić information content (AvgIpc) is 3.49. The minimum atomic E-state index is -0.311. The molecule has 6 aromatic rings. The Morgan fingerprint density at radius 1 is 0.947 bits per heavy atom. The van der Waals surface area contributed by atoms with E-state index in [1.54, 1.807) is 39.8 Å². The molecule has 7 rings (SSSR count). The Morgan fingerprint density at radius 3 is 2.55 bits per heavy atom. The van der Waals surface area contributed by atoms with Crippen LogP contribution in [0.5, 0.6) is 0 Å². The lowest BCUT2D eigenvalue weighted by atomic mass is 10.0. The number of rotatable bonds is 3. The van der Waals surface area contributed by atoms with Crippen LogP contribution in [0.15, 0.2) is 85.3 Å². The Hall–Kier alpha value is -4.33. The molecule has 38 heavy (non-hydrogen) atoms. The molecule has 0 unspecified atom stereocenters. The molecule has 0 amide bonds. The highest BCUT2D eigenvalue weighted by atomic mass is 35.5. The molecule has 0 bridgehead atoms. The van der Waals surface area contributed by atoms with Crippen molar-refractivity contribution in [3.05, 3.63) is 113 Å². The summed E-state index contributed by atoms with van der Waals surface area (Å²) in [6, 6.07) is 19.5. The molecule has 6 nitrogen and oxygen atoms in total. The Bertz CT molecular complexity index is 1860. The fourth-order valence-electron chi connectivity index (χ4n) is 5.42. The van der Waals surface area contributed by atoms with Crippen LogP contribution in [0.4, 0.5) is 4.39 Å². The number of fused-ring (bicyclic) bond motifs is 4. The van der Waals surface area contributed by atoms with Crippen LogP contribution in [-0.2, 0) is 13.0 Å². The number of pyridine rings is 2. The first-order valence-corrected chi connectivity index (χ1v) is 12.7. The molecule has 4 aromatic heterocycles. The van der Waals surface area contributed by atoms with E-state index >= 15 is 0 Å². The first-order valence-electron chi connectivity index (χ1n) is 12.3. The van der Waals surface area contributed by atoms with Gasteiger partial charge in [0.15, 0.2) is 0 Å².